The van der Waals surface area contributed by atoms with E-state index in [9.17, 15) is 0 Å². The number of nitrogens with one attached hydrogen (secondary N) is 1. The van der Waals surface area contributed by atoms with Crippen molar-refractivity contribution in [1.29, 1.82) is 0 Å². The molecule has 5 nitrogen and oxygen atoms in total. The first kappa shape index (κ1) is 17.9. The topological polar surface area (TPSA) is 48.3 Å². The molecule has 1 N–H and O–H groups in total. The molecule has 6 heteroatoms. The lowest BCUT2D eigenvalue weighted by Gasteiger charge is -2.12. The fourth-order valence-electron chi connectivity index (χ4n) is 2.66. The molecule has 0 atom stereocenters. The van der Waals surface area contributed by atoms with Crippen molar-refractivity contribution in [2.75, 3.05) is 19.5 Å². The normalized spacial score (nSPS) is 10.4. The zero-order valence-electron chi connectivity index (χ0n) is 14.8. The quantitative estimate of drug-likeness (QED) is 0.641. The summed E-state index contributed by atoms with van der Waals surface area (Å²) in [4.78, 5) is 4.81. The van der Waals surface area contributed by atoms with Crippen LogP contribution in [-0.4, -0.2) is 28.8 Å². The van der Waals surface area contributed by atoms with Crippen LogP contribution in [-0.2, 0) is 13.0 Å². The maximum atomic E-state index is 5.49. The molecule has 0 saturated carbocycles. The van der Waals surface area contributed by atoms with Gasteiger partial charge in [0.25, 0.3) is 0 Å². The van der Waals surface area contributed by atoms with Crippen LogP contribution in [0.15, 0.2) is 61.2 Å². The van der Waals surface area contributed by atoms with Gasteiger partial charge in [-0.25, -0.2) is 4.98 Å². The predicted molar refractivity (Wildman–Crippen MR) is 107 cm³/mol. The SMILES string of the molecule is COc1ccc(NC(=S)Cc2ccc(Cn3ccnc3)cc2)cc1OC. The zero-order valence-corrected chi connectivity index (χ0v) is 15.6. The van der Waals surface area contributed by atoms with Crippen LogP contribution in [0.1, 0.15) is 11.1 Å². The molecule has 1 aromatic heterocycles. The third kappa shape index (κ3) is 4.61. The van der Waals surface area contributed by atoms with E-state index in [1.54, 1.807) is 20.4 Å². The third-order valence-electron chi connectivity index (χ3n) is 3.98. The number of thiocarbonyl (C=S) groups is 1. The van der Waals surface area contributed by atoms with Crippen molar-refractivity contribution in [1.82, 2.24) is 9.55 Å². The number of benzene rings is 2. The van der Waals surface area contributed by atoms with E-state index in [4.69, 9.17) is 21.7 Å². The van der Waals surface area contributed by atoms with Crippen molar-refractivity contribution < 1.29 is 9.47 Å². The Morgan fingerprint density at radius 3 is 2.42 bits per heavy atom. The van der Waals surface area contributed by atoms with E-state index >= 15 is 0 Å². The van der Waals surface area contributed by atoms with E-state index in [0.29, 0.717) is 17.9 Å². The second-order valence-electron chi connectivity index (χ2n) is 5.85. The van der Waals surface area contributed by atoms with E-state index in [-0.39, 0.29) is 0 Å². The van der Waals surface area contributed by atoms with Crippen LogP contribution in [0.5, 0.6) is 11.5 Å². The Hall–Kier alpha value is -2.86. The van der Waals surface area contributed by atoms with Gasteiger partial charge in [0, 0.05) is 37.1 Å². The summed E-state index contributed by atoms with van der Waals surface area (Å²) in [7, 11) is 3.23. The number of nitrogens with zero attached hydrogens (tertiary/aromatic N) is 2. The molecule has 26 heavy (non-hydrogen) atoms. The Labute approximate surface area is 158 Å². The van der Waals surface area contributed by atoms with Gasteiger partial charge in [0.2, 0.25) is 0 Å². The number of methoxy groups -OCH3 is 2. The van der Waals surface area contributed by atoms with E-state index in [0.717, 1.165) is 22.8 Å². The number of aromatic nitrogens is 2. The van der Waals surface area contributed by atoms with Gasteiger partial charge in [-0.2, -0.15) is 0 Å². The Kier molecular flexibility index (Phi) is 5.86. The monoisotopic (exact) mass is 367 g/mol. The lowest BCUT2D eigenvalue weighted by molar-refractivity contribution is 0.355. The van der Waals surface area contributed by atoms with E-state index < -0.39 is 0 Å². The molecule has 0 spiro atoms. The third-order valence-corrected chi connectivity index (χ3v) is 4.23. The first-order valence-electron chi connectivity index (χ1n) is 8.23. The summed E-state index contributed by atoms with van der Waals surface area (Å²) >= 11 is 5.49. The average Bonchev–Trinajstić information content (AvgIpc) is 3.16. The molecule has 0 amide bonds. The van der Waals surface area contributed by atoms with Gasteiger partial charge < -0.3 is 19.4 Å². The van der Waals surface area contributed by atoms with Crippen LogP contribution in [0, 0.1) is 0 Å². The summed E-state index contributed by atoms with van der Waals surface area (Å²) in [5.74, 6) is 1.36. The minimum Gasteiger partial charge on any atom is -0.493 e. The van der Waals surface area contributed by atoms with Gasteiger partial charge in [0.05, 0.1) is 25.5 Å². The van der Waals surface area contributed by atoms with Gasteiger partial charge in [-0.15, -0.1) is 0 Å². The predicted octanol–water partition coefficient (Wildman–Crippen LogP) is 3.93. The molecule has 3 aromatic rings. The standard InChI is InChI=1S/C20H21N3O2S/c1-24-18-8-7-17(12-19(18)25-2)22-20(26)11-15-3-5-16(6-4-15)13-23-10-9-21-14-23/h3-10,12,14H,11,13H2,1-2H3,(H,22,26). The van der Waals surface area contributed by atoms with Gasteiger partial charge in [0.15, 0.2) is 11.5 Å². The number of imidazole rings is 1. The highest BCUT2D eigenvalue weighted by molar-refractivity contribution is 7.80. The number of anilines is 1. The fraction of sp³-hybridized carbons (Fsp3) is 0.200. The summed E-state index contributed by atoms with van der Waals surface area (Å²) in [6.07, 6.45) is 6.23. The minimum atomic E-state index is 0.671. The zero-order chi connectivity index (χ0) is 18.4. The van der Waals surface area contributed by atoms with Gasteiger partial charge in [0.1, 0.15) is 0 Å². The van der Waals surface area contributed by atoms with Crippen molar-refractivity contribution in [2.24, 2.45) is 0 Å². The highest BCUT2D eigenvalue weighted by Crippen LogP contribution is 2.29. The molecule has 0 aliphatic carbocycles. The largest absolute Gasteiger partial charge is 0.493 e. The summed E-state index contributed by atoms with van der Waals surface area (Å²) < 4.78 is 12.6. The lowest BCUT2D eigenvalue weighted by atomic mass is 10.1. The molecular weight excluding hydrogens is 346 g/mol. The van der Waals surface area contributed by atoms with Crippen LogP contribution in [0.4, 0.5) is 5.69 Å². The highest BCUT2D eigenvalue weighted by atomic mass is 32.1. The minimum absolute atomic E-state index is 0.671. The van der Waals surface area contributed by atoms with Crippen molar-refractivity contribution in [3.63, 3.8) is 0 Å². The van der Waals surface area contributed by atoms with Crippen molar-refractivity contribution >= 4 is 22.9 Å². The summed E-state index contributed by atoms with van der Waals surface area (Å²) in [6, 6.07) is 14.1. The molecule has 0 aliphatic rings. The number of ether oxygens (including phenoxy) is 2. The van der Waals surface area contributed by atoms with Gasteiger partial charge >= 0.3 is 0 Å². The second kappa shape index (κ2) is 8.49. The summed E-state index contributed by atoms with van der Waals surface area (Å²) in [6.45, 7) is 0.814. The summed E-state index contributed by atoms with van der Waals surface area (Å²) in [5.41, 5.74) is 3.27. The Morgan fingerprint density at radius 2 is 1.77 bits per heavy atom. The fourth-order valence-corrected chi connectivity index (χ4v) is 2.94. The number of hydrogen-bond donors (Lipinski definition) is 1. The van der Waals surface area contributed by atoms with Crippen LogP contribution < -0.4 is 14.8 Å². The molecule has 0 fully saturated rings. The Bertz CT molecular complexity index is 861. The maximum absolute atomic E-state index is 5.49. The van der Waals surface area contributed by atoms with E-state index in [1.807, 2.05) is 35.3 Å². The van der Waals surface area contributed by atoms with Crippen LogP contribution >= 0.6 is 12.2 Å². The molecule has 0 saturated heterocycles. The molecule has 0 bridgehead atoms. The van der Waals surface area contributed by atoms with Gasteiger partial charge in [-0.3, -0.25) is 0 Å². The van der Waals surface area contributed by atoms with Crippen LogP contribution in [0.2, 0.25) is 0 Å². The van der Waals surface area contributed by atoms with Crippen molar-refractivity contribution in [3.05, 3.63) is 72.3 Å². The first-order valence-corrected chi connectivity index (χ1v) is 8.64. The molecule has 0 radical (unpaired) electrons. The van der Waals surface area contributed by atoms with E-state index in [1.165, 1.54) is 5.56 Å². The number of hydrogen-bond acceptors (Lipinski definition) is 4. The molecule has 0 aliphatic heterocycles. The molecule has 2 aromatic carbocycles. The lowest BCUT2D eigenvalue weighted by Crippen LogP contribution is -2.12. The summed E-state index contributed by atoms with van der Waals surface area (Å²) in [5, 5.41) is 3.25. The Morgan fingerprint density at radius 1 is 1.04 bits per heavy atom. The number of rotatable bonds is 7. The first-order chi connectivity index (χ1) is 12.7. The molecule has 0 unspecified atom stereocenters. The average molecular weight is 367 g/mol. The van der Waals surface area contributed by atoms with Crippen molar-refractivity contribution in [2.45, 2.75) is 13.0 Å². The Balaban J connectivity index is 1.59. The molecule has 3 rings (SSSR count). The molecule has 134 valence electrons. The smallest absolute Gasteiger partial charge is 0.162 e. The van der Waals surface area contributed by atoms with E-state index in [2.05, 4.69) is 34.6 Å². The van der Waals surface area contributed by atoms with Crippen molar-refractivity contribution in [3.8, 4) is 11.5 Å². The molecular formula is C20H21N3O2S. The van der Waals surface area contributed by atoms with Gasteiger partial charge in [-0.05, 0) is 23.3 Å². The van der Waals surface area contributed by atoms with Crippen LogP contribution in [0.25, 0.3) is 0 Å². The second-order valence-corrected chi connectivity index (χ2v) is 6.34. The van der Waals surface area contributed by atoms with Gasteiger partial charge in [-0.1, -0.05) is 36.5 Å². The molecule has 1 heterocycles. The van der Waals surface area contributed by atoms with Crippen LogP contribution in [0.3, 0.4) is 0 Å². The highest BCUT2D eigenvalue weighted by Gasteiger charge is 2.06. The maximum Gasteiger partial charge on any atom is 0.162 e.